The van der Waals surface area contributed by atoms with Crippen molar-refractivity contribution in [3.05, 3.63) is 108 Å². The van der Waals surface area contributed by atoms with Crippen LogP contribution in [0.3, 0.4) is 0 Å². The summed E-state index contributed by atoms with van der Waals surface area (Å²) in [5.41, 5.74) is 3.26. The van der Waals surface area contributed by atoms with E-state index in [2.05, 4.69) is 22.3 Å². The van der Waals surface area contributed by atoms with Crippen molar-refractivity contribution in [3.8, 4) is 5.75 Å². The first-order valence-corrected chi connectivity index (χ1v) is 10.1. The van der Waals surface area contributed by atoms with Crippen LogP contribution in [0.15, 0.2) is 91.0 Å². The third-order valence-corrected chi connectivity index (χ3v) is 4.83. The van der Waals surface area contributed by atoms with Crippen molar-refractivity contribution in [2.45, 2.75) is 12.6 Å². The van der Waals surface area contributed by atoms with Crippen molar-refractivity contribution >= 4 is 12.0 Å². The largest absolute Gasteiger partial charge is 0.489 e. The molecule has 0 aliphatic rings. The van der Waals surface area contributed by atoms with Gasteiger partial charge in [0.05, 0.1) is 6.04 Å². The lowest BCUT2D eigenvalue weighted by molar-refractivity contribution is -0.116. The zero-order valence-corrected chi connectivity index (χ0v) is 17.5. The molecular formula is C26H28N2O2. The molecular weight excluding hydrogens is 372 g/mol. The molecule has 0 aliphatic carbocycles. The molecule has 1 N–H and O–H groups in total. The topological polar surface area (TPSA) is 41.6 Å². The van der Waals surface area contributed by atoms with Crippen molar-refractivity contribution in [1.29, 1.82) is 0 Å². The first-order valence-electron chi connectivity index (χ1n) is 10.1. The van der Waals surface area contributed by atoms with Gasteiger partial charge < -0.3 is 15.0 Å². The van der Waals surface area contributed by atoms with E-state index >= 15 is 0 Å². The van der Waals surface area contributed by atoms with E-state index in [9.17, 15) is 4.79 Å². The Morgan fingerprint density at radius 1 is 0.933 bits per heavy atom. The van der Waals surface area contributed by atoms with Crippen molar-refractivity contribution in [2.24, 2.45) is 0 Å². The summed E-state index contributed by atoms with van der Waals surface area (Å²) in [6.45, 7) is 1.08. The number of ether oxygens (including phenoxy) is 1. The lowest BCUT2D eigenvalue weighted by Gasteiger charge is -2.24. The smallest absolute Gasteiger partial charge is 0.244 e. The summed E-state index contributed by atoms with van der Waals surface area (Å²) in [4.78, 5) is 14.4. The van der Waals surface area contributed by atoms with E-state index in [1.54, 1.807) is 6.08 Å². The number of amides is 1. The van der Waals surface area contributed by atoms with Crippen LogP contribution in [-0.2, 0) is 11.4 Å². The zero-order chi connectivity index (χ0) is 21.2. The van der Waals surface area contributed by atoms with Crippen molar-refractivity contribution < 1.29 is 9.53 Å². The van der Waals surface area contributed by atoms with Gasteiger partial charge in [0.2, 0.25) is 5.91 Å². The van der Waals surface area contributed by atoms with Crippen LogP contribution < -0.4 is 10.1 Å². The standard InChI is InChI=1S/C26H28N2O2/c1-28(2)25(23-11-7-4-8-12-23)19-27-26(29)18-15-21-13-16-24(17-14-21)30-20-22-9-5-3-6-10-22/h3-18,25H,19-20H2,1-2H3,(H,27,29)/b18-15+. The molecule has 30 heavy (non-hydrogen) atoms. The van der Waals surface area contributed by atoms with Crippen molar-refractivity contribution in [2.75, 3.05) is 20.6 Å². The van der Waals surface area contributed by atoms with Crippen LogP contribution in [0.1, 0.15) is 22.7 Å². The van der Waals surface area contributed by atoms with Gasteiger partial charge in [-0.25, -0.2) is 0 Å². The van der Waals surface area contributed by atoms with E-state index in [0.717, 1.165) is 16.9 Å². The summed E-state index contributed by atoms with van der Waals surface area (Å²) in [5, 5.41) is 2.99. The van der Waals surface area contributed by atoms with E-state index in [1.807, 2.05) is 93.0 Å². The highest BCUT2D eigenvalue weighted by molar-refractivity contribution is 5.91. The third kappa shape index (κ3) is 6.61. The Morgan fingerprint density at radius 2 is 1.57 bits per heavy atom. The Balaban J connectivity index is 1.49. The van der Waals surface area contributed by atoms with Gasteiger partial charge in [-0.05, 0) is 49.0 Å². The Hall–Kier alpha value is -3.37. The molecule has 0 heterocycles. The summed E-state index contributed by atoms with van der Waals surface area (Å²) in [7, 11) is 4.03. The molecule has 4 nitrogen and oxygen atoms in total. The molecule has 3 rings (SSSR count). The first-order chi connectivity index (χ1) is 14.6. The van der Waals surface area contributed by atoms with Gasteiger partial charge in [-0.15, -0.1) is 0 Å². The number of carbonyl (C=O) groups is 1. The predicted octanol–water partition coefficient (Wildman–Crippen LogP) is 4.70. The Bertz CT molecular complexity index is 936. The summed E-state index contributed by atoms with van der Waals surface area (Å²) < 4.78 is 5.79. The maximum absolute atomic E-state index is 12.3. The maximum atomic E-state index is 12.3. The highest BCUT2D eigenvalue weighted by Crippen LogP contribution is 2.17. The molecule has 0 aliphatic heterocycles. The summed E-state index contributed by atoms with van der Waals surface area (Å²) in [6, 6.07) is 28.1. The fraction of sp³-hybridized carbons (Fsp3) is 0.192. The second kappa shape index (κ2) is 11.0. The summed E-state index contributed by atoms with van der Waals surface area (Å²) in [5.74, 6) is 0.694. The molecule has 0 fully saturated rings. The molecule has 0 aromatic heterocycles. The lowest BCUT2D eigenvalue weighted by atomic mass is 10.1. The van der Waals surface area contributed by atoms with Crippen molar-refractivity contribution in [1.82, 2.24) is 10.2 Å². The van der Waals surface area contributed by atoms with Crippen LogP contribution in [0, 0.1) is 0 Å². The van der Waals surface area contributed by atoms with Gasteiger partial charge in [0.25, 0.3) is 0 Å². The van der Waals surface area contributed by atoms with E-state index in [4.69, 9.17) is 4.74 Å². The zero-order valence-electron chi connectivity index (χ0n) is 17.5. The van der Waals surface area contributed by atoms with E-state index in [1.165, 1.54) is 5.56 Å². The normalized spacial score (nSPS) is 12.1. The second-order valence-electron chi connectivity index (χ2n) is 7.31. The second-order valence-corrected chi connectivity index (χ2v) is 7.31. The van der Waals surface area contributed by atoms with E-state index in [-0.39, 0.29) is 11.9 Å². The molecule has 154 valence electrons. The lowest BCUT2D eigenvalue weighted by Crippen LogP contribution is -2.33. The van der Waals surface area contributed by atoms with Crippen LogP contribution in [0.5, 0.6) is 5.75 Å². The average molecular weight is 401 g/mol. The summed E-state index contributed by atoms with van der Waals surface area (Å²) in [6.07, 6.45) is 3.38. The quantitative estimate of drug-likeness (QED) is 0.530. The highest BCUT2D eigenvalue weighted by atomic mass is 16.5. The monoisotopic (exact) mass is 400 g/mol. The molecule has 0 saturated heterocycles. The Morgan fingerprint density at radius 3 is 2.20 bits per heavy atom. The number of benzene rings is 3. The minimum atomic E-state index is -0.109. The molecule has 1 amide bonds. The molecule has 0 radical (unpaired) electrons. The minimum Gasteiger partial charge on any atom is -0.489 e. The van der Waals surface area contributed by atoms with Gasteiger partial charge in [0.1, 0.15) is 12.4 Å². The van der Waals surface area contributed by atoms with Gasteiger partial charge in [0, 0.05) is 12.6 Å². The van der Waals surface area contributed by atoms with E-state index in [0.29, 0.717) is 13.2 Å². The predicted molar refractivity (Wildman–Crippen MR) is 122 cm³/mol. The van der Waals surface area contributed by atoms with Crippen LogP contribution in [0.2, 0.25) is 0 Å². The van der Waals surface area contributed by atoms with Crippen molar-refractivity contribution in [3.63, 3.8) is 0 Å². The fourth-order valence-corrected chi connectivity index (χ4v) is 3.12. The first kappa shape index (κ1) is 21.3. The molecule has 0 saturated carbocycles. The van der Waals surface area contributed by atoms with Crippen LogP contribution >= 0.6 is 0 Å². The highest BCUT2D eigenvalue weighted by Gasteiger charge is 2.14. The number of nitrogens with zero attached hydrogens (tertiary/aromatic N) is 1. The summed E-state index contributed by atoms with van der Waals surface area (Å²) >= 11 is 0. The number of likely N-dealkylation sites (N-methyl/N-ethyl adjacent to an activating group) is 1. The SMILES string of the molecule is CN(C)C(CNC(=O)/C=C/c1ccc(OCc2ccccc2)cc1)c1ccccc1. The van der Waals surface area contributed by atoms with Gasteiger partial charge in [-0.2, -0.15) is 0 Å². The number of nitrogens with one attached hydrogen (secondary N) is 1. The molecule has 1 atom stereocenters. The maximum Gasteiger partial charge on any atom is 0.244 e. The van der Waals surface area contributed by atoms with Crippen LogP contribution in [-0.4, -0.2) is 31.4 Å². The average Bonchev–Trinajstić information content (AvgIpc) is 2.78. The molecule has 3 aromatic carbocycles. The fourth-order valence-electron chi connectivity index (χ4n) is 3.12. The number of hydrogen-bond acceptors (Lipinski definition) is 3. The minimum absolute atomic E-state index is 0.109. The molecule has 4 heteroatoms. The Labute approximate surface area is 178 Å². The van der Waals surface area contributed by atoms with Gasteiger partial charge in [0.15, 0.2) is 0 Å². The van der Waals surface area contributed by atoms with Crippen LogP contribution in [0.4, 0.5) is 0 Å². The number of hydrogen-bond donors (Lipinski definition) is 1. The molecule has 0 bridgehead atoms. The van der Waals surface area contributed by atoms with Gasteiger partial charge in [-0.3, -0.25) is 4.79 Å². The number of rotatable bonds is 9. The third-order valence-electron chi connectivity index (χ3n) is 4.83. The number of carbonyl (C=O) groups excluding carboxylic acids is 1. The molecule has 3 aromatic rings. The van der Waals surface area contributed by atoms with E-state index < -0.39 is 0 Å². The van der Waals surface area contributed by atoms with Gasteiger partial charge >= 0.3 is 0 Å². The van der Waals surface area contributed by atoms with Crippen LogP contribution in [0.25, 0.3) is 6.08 Å². The Kier molecular flexibility index (Phi) is 7.81. The van der Waals surface area contributed by atoms with Gasteiger partial charge in [-0.1, -0.05) is 72.8 Å². The molecule has 1 unspecified atom stereocenters. The molecule has 0 spiro atoms.